The third-order valence-corrected chi connectivity index (χ3v) is 3.79. The molecule has 22 heavy (non-hydrogen) atoms. The van der Waals surface area contributed by atoms with Crippen LogP contribution in [0.15, 0.2) is 16.7 Å². The van der Waals surface area contributed by atoms with Crippen molar-refractivity contribution in [2.24, 2.45) is 11.7 Å². The number of aromatic nitrogens is 4. The number of hydrogen-bond donors (Lipinski definition) is 1. The van der Waals surface area contributed by atoms with Crippen molar-refractivity contribution in [2.75, 3.05) is 18.0 Å². The Morgan fingerprint density at radius 1 is 1.45 bits per heavy atom. The quantitative estimate of drug-likeness (QED) is 0.886. The first-order valence-electron chi connectivity index (χ1n) is 7.29. The Hall–Kier alpha value is -2.51. The zero-order chi connectivity index (χ0) is 15.5. The van der Waals surface area contributed by atoms with Gasteiger partial charge in [-0.25, -0.2) is 0 Å². The van der Waals surface area contributed by atoms with Crippen LogP contribution in [0.4, 0.5) is 5.82 Å². The lowest BCUT2D eigenvalue weighted by Gasteiger charge is -2.32. The predicted octanol–water partition coefficient (Wildman–Crippen LogP) is 0.726. The van der Waals surface area contributed by atoms with Gasteiger partial charge in [0.05, 0.1) is 0 Å². The predicted molar refractivity (Wildman–Crippen MR) is 78.2 cm³/mol. The molecule has 3 heterocycles. The summed E-state index contributed by atoms with van der Waals surface area (Å²) in [5.74, 6) is 1.99. The maximum Gasteiger partial charge on any atom is 0.269 e. The maximum absolute atomic E-state index is 11.0. The van der Waals surface area contributed by atoms with Gasteiger partial charge in [0, 0.05) is 26.4 Å². The van der Waals surface area contributed by atoms with E-state index in [1.54, 1.807) is 19.1 Å². The normalized spacial score (nSPS) is 18.4. The lowest BCUT2D eigenvalue weighted by atomic mass is 9.94. The first kappa shape index (κ1) is 14.4. The largest absolute Gasteiger partial charge is 0.364 e. The molecule has 0 aromatic carbocycles. The van der Waals surface area contributed by atoms with Crippen LogP contribution < -0.4 is 10.6 Å². The van der Waals surface area contributed by atoms with Gasteiger partial charge in [-0.1, -0.05) is 5.16 Å². The van der Waals surface area contributed by atoms with Gasteiger partial charge >= 0.3 is 0 Å². The maximum atomic E-state index is 11.0. The van der Waals surface area contributed by atoms with E-state index < -0.39 is 5.91 Å². The van der Waals surface area contributed by atoms with Crippen molar-refractivity contribution >= 4 is 11.7 Å². The zero-order valence-corrected chi connectivity index (χ0v) is 12.4. The van der Waals surface area contributed by atoms with Crippen LogP contribution >= 0.6 is 0 Å². The number of nitrogens with zero attached hydrogens (tertiary/aromatic N) is 5. The summed E-state index contributed by atoms with van der Waals surface area (Å²) in [6, 6.07) is 3.39. The molecule has 2 aromatic rings. The van der Waals surface area contributed by atoms with Crippen LogP contribution in [0.5, 0.6) is 0 Å². The van der Waals surface area contributed by atoms with Crippen LogP contribution in [0.3, 0.4) is 0 Å². The van der Waals surface area contributed by atoms with E-state index in [2.05, 4.69) is 25.2 Å². The summed E-state index contributed by atoms with van der Waals surface area (Å²) >= 11 is 0. The third kappa shape index (κ3) is 3.21. The van der Waals surface area contributed by atoms with Crippen LogP contribution in [0.2, 0.25) is 0 Å². The molecule has 1 saturated heterocycles. The second-order valence-electron chi connectivity index (χ2n) is 5.53. The number of primary amides is 1. The summed E-state index contributed by atoms with van der Waals surface area (Å²) in [5, 5.41) is 11.9. The van der Waals surface area contributed by atoms with Crippen molar-refractivity contribution in [3.8, 4) is 0 Å². The van der Waals surface area contributed by atoms with Crippen LogP contribution in [0, 0.1) is 12.8 Å². The molecule has 2 N–H and O–H groups in total. The monoisotopic (exact) mass is 302 g/mol. The summed E-state index contributed by atoms with van der Waals surface area (Å²) in [4.78, 5) is 17.5. The standard InChI is InChI=1S/C14H18N6O2/c1-9-16-12(19-22-9)7-10-3-2-6-20(8-10)13-5-4-11(14(15)21)17-18-13/h4-5,10H,2-3,6-8H2,1H3,(H2,15,21). The lowest BCUT2D eigenvalue weighted by Crippen LogP contribution is -2.37. The number of anilines is 1. The first-order chi connectivity index (χ1) is 10.6. The summed E-state index contributed by atoms with van der Waals surface area (Å²) < 4.78 is 5.01. The van der Waals surface area contributed by atoms with Crippen molar-refractivity contribution in [1.29, 1.82) is 0 Å². The van der Waals surface area contributed by atoms with Crippen LogP contribution in [0.1, 0.15) is 35.0 Å². The first-order valence-corrected chi connectivity index (χ1v) is 7.29. The molecule has 1 amide bonds. The Kier molecular flexibility index (Phi) is 3.99. The smallest absolute Gasteiger partial charge is 0.269 e. The average molecular weight is 302 g/mol. The van der Waals surface area contributed by atoms with E-state index in [0.29, 0.717) is 11.8 Å². The fourth-order valence-electron chi connectivity index (χ4n) is 2.75. The van der Waals surface area contributed by atoms with Crippen molar-refractivity contribution in [3.63, 3.8) is 0 Å². The molecule has 0 spiro atoms. The van der Waals surface area contributed by atoms with E-state index in [1.165, 1.54) is 0 Å². The molecule has 3 rings (SSSR count). The highest BCUT2D eigenvalue weighted by atomic mass is 16.5. The molecule has 8 heteroatoms. The SMILES string of the molecule is Cc1nc(CC2CCCN(c3ccc(C(N)=O)nn3)C2)no1. The molecule has 2 aromatic heterocycles. The molecule has 0 bridgehead atoms. The number of piperidine rings is 1. The molecule has 1 unspecified atom stereocenters. The minimum Gasteiger partial charge on any atom is -0.364 e. The van der Waals surface area contributed by atoms with E-state index >= 15 is 0 Å². The Morgan fingerprint density at radius 3 is 2.95 bits per heavy atom. The summed E-state index contributed by atoms with van der Waals surface area (Å²) in [6.07, 6.45) is 2.98. The summed E-state index contributed by atoms with van der Waals surface area (Å²) in [7, 11) is 0. The van der Waals surface area contributed by atoms with Gasteiger partial charge in [0.25, 0.3) is 5.91 Å². The van der Waals surface area contributed by atoms with E-state index in [4.69, 9.17) is 10.3 Å². The molecule has 1 aliphatic heterocycles. The second-order valence-corrected chi connectivity index (χ2v) is 5.53. The number of carbonyl (C=O) groups is 1. The minimum absolute atomic E-state index is 0.180. The fraction of sp³-hybridized carbons (Fsp3) is 0.500. The third-order valence-electron chi connectivity index (χ3n) is 3.79. The van der Waals surface area contributed by atoms with Gasteiger partial charge in [-0.2, -0.15) is 4.98 Å². The number of rotatable bonds is 4. The topological polar surface area (TPSA) is 111 Å². The minimum atomic E-state index is -0.567. The summed E-state index contributed by atoms with van der Waals surface area (Å²) in [5.41, 5.74) is 5.35. The van der Waals surface area contributed by atoms with Crippen LogP contribution in [-0.4, -0.2) is 39.3 Å². The highest BCUT2D eigenvalue weighted by Crippen LogP contribution is 2.23. The summed E-state index contributed by atoms with van der Waals surface area (Å²) in [6.45, 7) is 3.57. The Labute approximate surface area is 127 Å². The van der Waals surface area contributed by atoms with E-state index in [0.717, 1.165) is 44.0 Å². The highest BCUT2D eigenvalue weighted by Gasteiger charge is 2.23. The number of amides is 1. The van der Waals surface area contributed by atoms with Gasteiger partial charge in [-0.15, -0.1) is 10.2 Å². The number of nitrogens with two attached hydrogens (primary N) is 1. The van der Waals surface area contributed by atoms with Gasteiger partial charge in [0.1, 0.15) is 0 Å². The van der Waals surface area contributed by atoms with Gasteiger partial charge < -0.3 is 15.2 Å². The van der Waals surface area contributed by atoms with Gasteiger partial charge in [0.2, 0.25) is 5.89 Å². The van der Waals surface area contributed by atoms with E-state index in [-0.39, 0.29) is 5.69 Å². The molecule has 8 nitrogen and oxygen atoms in total. The van der Waals surface area contributed by atoms with Crippen LogP contribution in [0.25, 0.3) is 0 Å². The molecule has 1 atom stereocenters. The molecule has 0 radical (unpaired) electrons. The molecular weight excluding hydrogens is 284 g/mol. The second kappa shape index (κ2) is 6.08. The van der Waals surface area contributed by atoms with Crippen molar-refractivity contribution in [3.05, 3.63) is 29.5 Å². The Bertz CT molecular complexity index is 654. The number of aryl methyl sites for hydroxylation is 1. The van der Waals surface area contributed by atoms with Crippen LogP contribution in [-0.2, 0) is 6.42 Å². The van der Waals surface area contributed by atoms with Gasteiger partial charge in [-0.05, 0) is 30.9 Å². The molecule has 0 saturated carbocycles. The van der Waals surface area contributed by atoms with Crippen molar-refractivity contribution in [2.45, 2.75) is 26.2 Å². The van der Waals surface area contributed by atoms with Crippen molar-refractivity contribution < 1.29 is 9.32 Å². The van der Waals surface area contributed by atoms with Crippen molar-refractivity contribution in [1.82, 2.24) is 20.3 Å². The lowest BCUT2D eigenvalue weighted by molar-refractivity contribution is 0.0994. The molecule has 116 valence electrons. The molecule has 1 fully saturated rings. The number of carbonyl (C=O) groups excluding carboxylic acids is 1. The molecular formula is C14H18N6O2. The average Bonchev–Trinajstić information content (AvgIpc) is 2.93. The molecule has 0 aliphatic carbocycles. The Morgan fingerprint density at radius 2 is 2.32 bits per heavy atom. The number of hydrogen-bond acceptors (Lipinski definition) is 7. The fourth-order valence-corrected chi connectivity index (χ4v) is 2.75. The van der Waals surface area contributed by atoms with E-state index in [9.17, 15) is 4.79 Å². The van der Waals surface area contributed by atoms with Gasteiger partial charge in [-0.3, -0.25) is 4.79 Å². The zero-order valence-electron chi connectivity index (χ0n) is 12.4. The Balaban J connectivity index is 1.66. The molecule has 1 aliphatic rings. The van der Waals surface area contributed by atoms with E-state index in [1.807, 2.05) is 0 Å². The van der Waals surface area contributed by atoms with Gasteiger partial charge in [0.15, 0.2) is 17.3 Å². The highest BCUT2D eigenvalue weighted by molar-refractivity contribution is 5.90.